The number of amides is 1. The van der Waals surface area contributed by atoms with Gasteiger partial charge >= 0.3 is 5.91 Å². The van der Waals surface area contributed by atoms with Gasteiger partial charge in [-0.05, 0) is 43.7 Å². The van der Waals surface area contributed by atoms with Crippen molar-refractivity contribution < 1.29 is 9.21 Å². The maximum Gasteiger partial charge on any atom is 0.300 e. The van der Waals surface area contributed by atoms with Gasteiger partial charge in [0.25, 0.3) is 0 Å². The third kappa shape index (κ3) is 3.19. The Bertz CT molecular complexity index is 592. The van der Waals surface area contributed by atoms with E-state index in [2.05, 4.69) is 42.4 Å². The number of carbonyl (C=O) groups is 1. The number of nitrogens with zero attached hydrogens (tertiary/aromatic N) is 1. The van der Waals surface area contributed by atoms with E-state index in [1.807, 2.05) is 6.07 Å². The molecule has 0 atom stereocenters. The Hall–Kier alpha value is -2.27. The monoisotopic (exact) mass is 273 g/mol. The molecule has 2 rings (SSSR count). The average Bonchev–Trinajstić information content (AvgIpc) is 2.92. The lowest BCUT2D eigenvalue weighted by molar-refractivity contribution is 0.0924. The zero-order valence-corrected chi connectivity index (χ0v) is 11.7. The molecular formula is C15H19N3O2. The molecule has 20 heavy (non-hydrogen) atoms. The van der Waals surface area contributed by atoms with Crippen LogP contribution in [0, 0.1) is 6.92 Å². The molecule has 1 heterocycles. The van der Waals surface area contributed by atoms with E-state index in [-0.39, 0.29) is 5.76 Å². The van der Waals surface area contributed by atoms with Crippen LogP contribution in [0.1, 0.15) is 28.8 Å². The van der Waals surface area contributed by atoms with Gasteiger partial charge in [0.05, 0.1) is 6.54 Å². The number of hydrazine groups is 1. The number of anilines is 1. The van der Waals surface area contributed by atoms with Crippen molar-refractivity contribution in [2.45, 2.75) is 20.4 Å². The molecule has 0 saturated heterocycles. The van der Waals surface area contributed by atoms with Crippen molar-refractivity contribution >= 4 is 11.6 Å². The molecule has 1 amide bonds. The molecule has 3 N–H and O–H groups in total. The fraction of sp³-hybridized carbons (Fsp3) is 0.267. The normalized spacial score (nSPS) is 10.3. The van der Waals surface area contributed by atoms with Crippen molar-refractivity contribution in [1.82, 2.24) is 5.43 Å². The molecule has 5 heteroatoms. The minimum Gasteiger partial charge on any atom is -0.454 e. The molecule has 0 bridgehead atoms. The first-order chi connectivity index (χ1) is 9.63. The van der Waals surface area contributed by atoms with Crippen molar-refractivity contribution in [2.24, 2.45) is 5.84 Å². The average molecular weight is 273 g/mol. The second-order valence-electron chi connectivity index (χ2n) is 4.59. The first kappa shape index (κ1) is 14.1. The molecule has 0 radical (unpaired) electrons. The van der Waals surface area contributed by atoms with Crippen LogP contribution in [0.3, 0.4) is 0 Å². The van der Waals surface area contributed by atoms with Crippen LogP contribution >= 0.6 is 0 Å². The molecule has 106 valence electrons. The maximum atomic E-state index is 11.4. The predicted octanol–water partition coefficient (Wildman–Crippen LogP) is 2.22. The Balaban J connectivity index is 2.14. The summed E-state index contributed by atoms with van der Waals surface area (Å²) in [6.45, 7) is 5.60. The van der Waals surface area contributed by atoms with Crippen LogP contribution in [-0.2, 0) is 6.54 Å². The molecule has 0 unspecified atom stereocenters. The predicted molar refractivity (Wildman–Crippen MR) is 78.3 cm³/mol. The number of nitrogens with two attached hydrogens (primary N) is 1. The summed E-state index contributed by atoms with van der Waals surface area (Å²) < 4.78 is 5.49. The first-order valence-corrected chi connectivity index (χ1v) is 6.55. The molecule has 0 spiro atoms. The summed E-state index contributed by atoms with van der Waals surface area (Å²) in [5.74, 6) is 5.61. The van der Waals surface area contributed by atoms with Crippen LogP contribution in [0.2, 0.25) is 0 Å². The third-order valence-corrected chi connectivity index (χ3v) is 3.11. The van der Waals surface area contributed by atoms with E-state index in [0.29, 0.717) is 6.54 Å². The van der Waals surface area contributed by atoms with Gasteiger partial charge in [0.15, 0.2) is 5.76 Å². The maximum absolute atomic E-state index is 11.4. The van der Waals surface area contributed by atoms with E-state index in [4.69, 9.17) is 10.3 Å². The summed E-state index contributed by atoms with van der Waals surface area (Å²) in [4.78, 5) is 13.5. The van der Waals surface area contributed by atoms with Gasteiger partial charge in [0.2, 0.25) is 0 Å². The summed E-state index contributed by atoms with van der Waals surface area (Å²) in [6, 6.07) is 11.7. The number of hydrogen-bond acceptors (Lipinski definition) is 4. The molecular weight excluding hydrogens is 254 g/mol. The minimum atomic E-state index is -0.421. The number of carbonyl (C=O) groups excluding carboxylic acids is 1. The quantitative estimate of drug-likeness (QED) is 0.498. The highest BCUT2D eigenvalue weighted by Crippen LogP contribution is 2.19. The van der Waals surface area contributed by atoms with Gasteiger partial charge < -0.3 is 9.32 Å². The second-order valence-corrected chi connectivity index (χ2v) is 4.59. The summed E-state index contributed by atoms with van der Waals surface area (Å²) in [5.41, 5.74) is 4.40. The van der Waals surface area contributed by atoms with Crippen molar-refractivity contribution in [3.8, 4) is 0 Å². The third-order valence-electron chi connectivity index (χ3n) is 3.11. The lowest BCUT2D eigenvalue weighted by atomic mass is 10.2. The molecule has 0 saturated carbocycles. The topological polar surface area (TPSA) is 71.5 Å². The molecule has 0 aliphatic heterocycles. The molecule has 0 aliphatic rings. The Kier molecular flexibility index (Phi) is 4.42. The van der Waals surface area contributed by atoms with Crippen LogP contribution in [0.5, 0.6) is 0 Å². The van der Waals surface area contributed by atoms with E-state index >= 15 is 0 Å². The van der Waals surface area contributed by atoms with E-state index in [1.54, 1.807) is 12.1 Å². The van der Waals surface area contributed by atoms with E-state index in [0.717, 1.165) is 18.0 Å². The zero-order chi connectivity index (χ0) is 14.5. The van der Waals surface area contributed by atoms with Gasteiger partial charge in [-0.15, -0.1) is 0 Å². The number of nitrogen functional groups attached to an aromatic ring is 1. The number of benzene rings is 1. The SMILES string of the molecule is CCN(Cc1ccc(C(=O)NN)o1)c1cccc(C)c1. The Morgan fingerprint density at radius 3 is 2.80 bits per heavy atom. The lowest BCUT2D eigenvalue weighted by Crippen LogP contribution is -2.29. The molecule has 1 aromatic carbocycles. The fourth-order valence-corrected chi connectivity index (χ4v) is 2.05. The number of rotatable bonds is 5. The smallest absolute Gasteiger partial charge is 0.300 e. The van der Waals surface area contributed by atoms with Gasteiger partial charge in [-0.1, -0.05) is 12.1 Å². The van der Waals surface area contributed by atoms with Crippen LogP contribution < -0.4 is 16.2 Å². The summed E-state index contributed by atoms with van der Waals surface area (Å²) in [6.07, 6.45) is 0. The van der Waals surface area contributed by atoms with Gasteiger partial charge in [0.1, 0.15) is 5.76 Å². The Morgan fingerprint density at radius 2 is 2.15 bits per heavy atom. The second kappa shape index (κ2) is 6.25. The van der Waals surface area contributed by atoms with Gasteiger partial charge in [0, 0.05) is 12.2 Å². The van der Waals surface area contributed by atoms with Crippen molar-refractivity contribution in [2.75, 3.05) is 11.4 Å². The van der Waals surface area contributed by atoms with Crippen LogP contribution in [-0.4, -0.2) is 12.5 Å². The number of nitrogens with one attached hydrogen (secondary N) is 1. The number of furan rings is 1. The highest BCUT2D eigenvalue weighted by atomic mass is 16.4. The molecule has 0 fully saturated rings. The lowest BCUT2D eigenvalue weighted by Gasteiger charge is -2.22. The van der Waals surface area contributed by atoms with E-state index in [9.17, 15) is 4.79 Å². The molecule has 1 aromatic heterocycles. The Morgan fingerprint density at radius 1 is 1.35 bits per heavy atom. The number of hydrogen-bond donors (Lipinski definition) is 2. The van der Waals surface area contributed by atoms with E-state index in [1.165, 1.54) is 5.56 Å². The summed E-state index contributed by atoms with van der Waals surface area (Å²) in [5, 5.41) is 0. The van der Waals surface area contributed by atoms with Crippen molar-refractivity contribution in [3.05, 3.63) is 53.5 Å². The largest absolute Gasteiger partial charge is 0.454 e. The molecule has 0 aliphatic carbocycles. The number of aryl methyl sites for hydroxylation is 1. The first-order valence-electron chi connectivity index (χ1n) is 6.55. The highest BCUT2D eigenvalue weighted by Gasteiger charge is 2.12. The van der Waals surface area contributed by atoms with Crippen LogP contribution in [0.4, 0.5) is 5.69 Å². The van der Waals surface area contributed by atoms with Gasteiger partial charge in [-0.3, -0.25) is 10.2 Å². The van der Waals surface area contributed by atoms with Gasteiger partial charge in [-0.25, -0.2) is 5.84 Å². The standard InChI is InChI=1S/C15H19N3O2/c1-3-18(12-6-4-5-11(2)9-12)10-13-7-8-14(20-13)15(19)17-16/h4-9H,3,10,16H2,1-2H3,(H,17,19). The fourth-order valence-electron chi connectivity index (χ4n) is 2.05. The summed E-state index contributed by atoms with van der Waals surface area (Å²) in [7, 11) is 0. The molecule has 5 nitrogen and oxygen atoms in total. The zero-order valence-electron chi connectivity index (χ0n) is 11.7. The Labute approximate surface area is 118 Å². The van der Waals surface area contributed by atoms with Crippen LogP contribution in [0.25, 0.3) is 0 Å². The van der Waals surface area contributed by atoms with E-state index < -0.39 is 5.91 Å². The summed E-state index contributed by atoms with van der Waals surface area (Å²) >= 11 is 0. The minimum absolute atomic E-state index is 0.225. The van der Waals surface area contributed by atoms with Gasteiger partial charge in [-0.2, -0.15) is 0 Å². The molecule has 2 aromatic rings. The van der Waals surface area contributed by atoms with Crippen molar-refractivity contribution in [1.29, 1.82) is 0 Å². The van der Waals surface area contributed by atoms with Crippen LogP contribution in [0.15, 0.2) is 40.8 Å². The highest BCUT2D eigenvalue weighted by molar-refractivity contribution is 5.90. The van der Waals surface area contributed by atoms with Crippen molar-refractivity contribution in [3.63, 3.8) is 0 Å².